The Bertz CT molecular complexity index is 768. The van der Waals surface area contributed by atoms with Crippen LogP contribution in [0.5, 0.6) is 0 Å². The van der Waals surface area contributed by atoms with Gasteiger partial charge in [-0.3, -0.25) is 4.79 Å². The summed E-state index contributed by atoms with van der Waals surface area (Å²) in [5.74, 6) is 0.991. The second-order valence-corrected chi connectivity index (χ2v) is 7.63. The van der Waals surface area contributed by atoms with E-state index in [0.717, 1.165) is 53.4 Å². The molecule has 1 atom stereocenters. The summed E-state index contributed by atoms with van der Waals surface area (Å²) in [4.78, 5) is 20.6. The normalized spacial score (nSPS) is 19.3. The molecule has 0 bridgehead atoms. The zero-order valence-corrected chi connectivity index (χ0v) is 14.9. The molecule has 0 saturated heterocycles. The van der Waals surface area contributed by atoms with E-state index in [0.29, 0.717) is 0 Å². The van der Waals surface area contributed by atoms with Gasteiger partial charge in [0.2, 0.25) is 0 Å². The average molecular weight is 328 g/mol. The van der Waals surface area contributed by atoms with Crippen molar-refractivity contribution in [3.05, 3.63) is 45.7 Å². The van der Waals surface area contributed by atoms with Gasteiger partial charge >= 0.3 is 0 Å². The Hall–Kier alpha value is -1.55. The van der Waals surface area contributed by atoms with Crippen molar-refractivity contribution in [1.82, 2.24) is 9.97 Å². The third-order valence-corrected chi connectivity index (χ3v) is 5.83. The minimum atomic E-state index is -0.142. The largest absolute Gasteiger partial charge is 0.301 e. The van der Waals surface area contributed by atoms with E-state index < -0.39 is 0 Å². The summed E-state index contributed by atoms with van der Waals surface area (Å²) in [6, 6.07) is 8.36. The number of unbranched alkanes of at least 4 members (excludes halogenated alkanes) is 1. The zero-order chi connectivity index (χ0) is 16.4. The molecule has 0 saturated carbocycles. The van der Waals surface area contributed by atoms with E-state index in [1.165, 1.54) is 5.56 Å². The Morgan fingerprint density at radius 2 is 2.09 bits per heavy atom. The molecular weight excluding hydrogens is 304 g/mol. The van der Waals surface area contributed by atoms with Crippen molar-refractivity contribution in [1.29, 1.82) is 0 Å². The minimum Gasteiger partial charge on any atom is -0.301 e. The van der Waals surface area contributed by atoms with Gasteiger partial charge in [-0.1, -0.05) is 63.2 Å². The molecule has 0 radical (unpaired) electrons. The predicted molar refractivity (Wildman–Crippen MR) is 97.3 cm³/mol. The van der Waals surface area contributed by atoms with Crippen LogP contribution in [0.4, 0.5) is 0 Å². The first kappa shape index (κ1) is 16.3. The van der Waals surface area contributed by atoms with Crippen LogP contribution in [0, 0.1) is 0 Å². The van der Waals surface area contributed by atoms with Crippen LogP contribution in [-0.2, 0) is 11.8 Å². The summed E-state index contributed by atoms with van der Waals surface area (Å²) in [6.07, 6.45) is 4.12. The molecule has 0 unspecified atom stereocenters. The third-order valence-electron chi connectivity index (χ3n) is 4.87. The lowest BCUT2D eigenvalue weighted by molar-refractivity contribution is 0.438. The highest BCUT2D eigenvalue weighted by atomic mass is 32.2. The molecule has 1 heterocycles. The molecule has 0 aliphatic heterocycles. The Kier molecular flexibility index (Phi) is 4.62. The topological polar surface area (TPSA) is 45.8 Å². The van der Waals surface area contributed by atoms with Gasteiger partial charge in [0.25, 0.3) is 5.56 Å². The molecule has 2 aromatic rings. The fourth-order valence-electron chi connectivity index (χ4n) is 3.30. The van der Waals surface area contributed by atoms with Gasteiger partial charge in [0.05, 0.1) is 5.69 Å². The number of H-pyrrole nitrogens is 1. The fraction of sp³-hybridized carbons (Fsp3) is 0.474. The molecule has 3 nitrogen and oxygen atoms in total. The highest BCUT2D eigenvalue weighted by Crippen LogP contribution is 2.42. The predicted octanol–water partition coefficient (Wildman–Crippen LogP) is 4.55. The zero-order valence-electron chi connectivity index (χ0n) is 14.1. The number of aromatic amines is 1. The van der Waals surface area contributed by atoms with Crippen LogP contribution < -0.4 is 5.56 Å². The first-order valence-electron chi connectivity index (χ1n) is 8.45. The van der Waals surface area contributed by atoms with Crippen LogP contribution in [-0.4, -0.2) is 15.7 Å². The maximum Gasteiger partial charge on any atom is 0.255 e. The SMILES string of the molecule is CCCCSc1nc2c(c(=O)[nH]1)[C@](C)(CC)Cc1ccccc1-2. The fourth-order valence-corrected chi connectivity index (χ4v) is 4.25. The molecule has 4 heteroatoms. The molecule has 122 valence electrons. The Balaban J connectivity index is 2.14. The van der Waals surface area contributed by atoms with E-state index in [-0.39, 0.29) is 11.0 Å². The highest BCUT2D eigenvalue weighted by Gasteiger charge is 2.37. The van der Waals surface area contributed by atoms with E-state index >= 15 is 0 Å². The van der Waals surface area contributed by atoms with Gasteiger partial charge in [-0.2, -0.15) is 0 Å². The summed E-state index contributed by atoms with van der Waals surface area (Å²) in [6.45, 7) is 6.51. The summed E-state index contributed by atoms with van der Waals surface area (Å²) in [5.41, 5.74) is 4.06. The van der Waals surface area contributed by atoms with E-state index in [1.807, 2.05) is 6.07 Å². The summed E-state index contributed by atoms with van der Waals surface area (Å²) >= 11 is 1.65. The van der Waals surface area contributed by atoms with Crippen molar-refractivity contribution in [3.8, 4) is 11.3 Å². The van der Waals surface area contributed by atoms with Crippen LogP contribution in [0.2, 0.25) is 0 Å². The van der Waals surface area contributed by atoms with E-state index in [1.54, 1.807) is 11.8 Å². The van der Waals surface area contributed by atoms with Gasteiger partial charge in [-0.15, -0.1) is 0 Å². The van der Waals surface area contributed by atoms with Crippen LogP contribution >= 0.6 is 11.8 Å². The number of thioether (sulfide) groups is 1. The quantitative estimate of drug-likeness (QED) is 0.497. The van der Waals surface area contributed by atoms with Crippen LogP contribution in [0.1, 0.15) is 51.2 Å². The standard InChI is InChI=1S/C19H24N2OS/c1-4-6-11-23-18-20-16-14-10-8-7-9-13(14)12-19(3,5-2)15(16)17(22)21-18/h7-10H,4-6,11-12H2,1-3H3,(H,20,21,22)/t19-/m1/s1. The van der Waals surface area contributed by atoms with Gasteiger partial charge in [-0.05, 0) is 24.8 Å². The average Bonchev–Trinajstić information content (AvgIpc) is 2.55. The second-order valence-electron chi connectivity index (χ2n) is 6.54. The molecular formula is C19H24N2OS. The number of aromatic nitrogens is 2. The van der Waals surface area contributed by atoms with Crippen molar-refractivity contribution in [2.24, 2.45) is 0 Å². The van der Waals surface area contributed by atoms with Crippen molar-refractivity contribution < 1.29 is 0 Å². The molecule has 0 fully saturated rings. The molecule has 1 N–H and O–H groups in total. The van der Waals surface area contributed by atoms with Gasteiger partial charge in [0.1, 0.15) is 0 Å². The van der Waals surface area contributed by atoms with Gasteiger partial charge in [0, 0.05) is 22.3 Å². The van der Waals surface area contributed by atoms with Crippen molar-refractivity contribution in [2.45, 2.75) is 57.0 Å². The number of benzene rings is 1. The number of rotatable bonds is 5. The van der Waals surface area contributed by atoms with Gasteiger partial charge in [-0.25, -0.2) is 4.98 Å². The van der Waals surface area contributed by atoms with Crippen molar-refractivity contribution in [3.63, 3.8) is 0 Å². The van der Waals surface area contributed by atoms with E-state index in [9.17, 15) is 4.79 Å². The molecule has 0 spiro atoms. The molecule has 1 aliphatic carbocycles. The molecule has 1 aromatic heterocycles. The molecule has 1 aromatic carbocycles. The molecule has 3 rings (SSSR count). The molecule has 23 heavy (non-hydrogen) atoms. The van der Waals surface area contributed by atoms with Crippen LogP contribution in [0.15, 0.2) is 34.2 Å². The Labute approximate surface area is 141 Å². The second kappa shape index (κ2) is 6.52. The van der Waals surface area contributed by atoms with Crippen molar-refractivity contribution >= 4 is 11.8 Å². The number of hydrogen-bond donors (Lipinski definition) is 1. The number of fused-ring (bicyclic) bond motifs is 3. The van der Waals surface area contributed by atoms with Crippen molar-refractivity contribution in [2.75, 3.05) is 5.75 Å². The van der Waals surface area contributed by atoms with E-state index in [4.69, 9.17) is 4.98 Å². The lowest BCUT2D eigenvalue weighted by Gasteiger charge is -2.34. The third kappa shape index (κ3) is 2.97. The Morgan fingerprint density at radius 3 is 2.83 bits per heavy atom. The van der Waals surface area contributed by atoms with Gasteiger partial charge < -0.3 is 4.98 Å². The summed E-state index contributed by atoms with van der Waals surface area (Å²) in [7, 11) is 0. The monoisotopic (exact) mass is 328 g/mol. The van der Waals surface area contributed by atoms with Crippen LogP contribution in [0.3, 0.4) is 0 Å². The number of nitrogens with one attached hydrogen (secondary N) is 1. The summed E-state index contributed by atoms with van der Waals surface area (Å²) < 4.78 is 0. The first-order valence-corrected chi connectivity index (χ1v) is 9.43. The molecule has 0 amide bonds. The Morgan fingerprint density at radius 1 is 1.30 bits per heavy atom. The van der Waals surface area contributed by atoms with E-state index in [2.05, 4.69) is 44.0 Å². The summed E-state index contributed by atoms with van der Waals surface area (Å²) in [5, 5.41) is 0.748. The van der Waals surface area contributed by atoms with Crippen LogP contribution in [0.25, 0.3) is 11.3 Å². The minimum absolute atomic E-state index is 0.0350. The lowest BCUT2D eigenvalue weighted by atomic mass is 9.69. The molecule has 1 aliphatic rings. The number of nitrogens with zero attached hydrogens (tertiary/aromatic N) is 1. The maximum absolute atomic E-state index is 12.8. The smallest absolute Gasteiger partial charge is 0.255 e. The highest BCUT2D eigenvalue weighted by molar-refractivity contribution is 7.99. The lowest BCUT2D eigenvalue weighted by Crippen LogP contribution is -2.36. The van der Waals surface area contributed by atoms with Gasteiger partial charge in [0.15, 0.2) is 5.16 Å². The number of hydrogen-bond acceptors (Lipinski definition) is 3. The first-order chi connectivity index (χ1) is 11.1. The maximum atomic E-state index is 12.8.